The topological polar surface area (TPSA) is 75.7 Å². The lowest BCUT2D eigenvalue weighted by Crippen LogP contribution is -2.37. The maximum Gasteiger partial charge on any atom is 0.245 e. The fourth-order valence-corrected chi connectivity index (χ4v) is 3.48. The monoisotopic (exact) mass is 430 g/mol. The summed E-state index contributed by atoms with van der Waals surface area (Å²) in [7, 11) is -3.71. The van der Waals surface area contributed by atoms with Gasteiger partial charge in [-0.2, -0.15) is 0 Å². The number of rotatable bonds is 7. The van der Waals surface area contributed by atoms with Crippen LogP contribution < -0.4 is 14.4 Å². The van der Waals surface area contributed by atoms with E-state index in [9.17, 15) is 13.2 Å². The van der Waals surface area contributed by atoms with E-state index in [0.29, 0.717) is 27.2 Å². The highest BCUT2D eigenvalue weighted by Crippen LogP contribution is 2.27. The van der Waals surface area contributed by atoms with Crippen molar-refractivity contribution in [3.05, 3.63) is 52.5 Å². The van der Waals surface area contributed by atoms with Crippen LogP contribution in [0.4, 0.5) is 11.4 Å². The van der Waals surface area contributed by atoms with Crippen LogP contribution in [0.25, 0.3) is 0 Å². The fraction of sp³-hybridized carbons (Fsp3) is 0.278. The van der Waals surface area contributed by atoms with Crippen LogP contribution in [-0.2, 0) is 14.8 Å². The molecule has 0 unspecified atom stereocenters. The molecule has 0 saturated heterocycles. The van der Waals surface area contributed by atoms with Gasteiger partial charge < -0.3 is 10.1 Å². The summed E-state index contributed by atoms with van der Waals surface area (Å²) in [5.41, 5.74) is 0.627. The zero-order valence-electron chi connectivity index (χ0n) is 15.1. The lowest BCUT2D eigenvalue weighted by atomic mass is 10.3. The summed E-state index contributed by atoms with van der Waals surface area (Å²) in [6, 6.07) is 11.2. The molecule has 2 rings (SSSR count). The summed E-state index contributed by atoms with van der Waals surface area (Å²) in [5, 5.41) is 3.27. The number of nitrogens with zero attached hydrogens (tertiary/aromatic N) is 1. The molecule has 0 spiro atoms. The second-order valence-corrected chi connectivity index (χ2v) is 8.86. The third-order valence-corrected chi connectivity index (χ3v) is 5.07. The van der Waals surface area contributed by atoms with Crippen LogP contribution in [-0.4, -0.2) is 33.2 Å². The van der Waals surface area contributed by atoms with Gasteiger partial charge in [0.05, 0.1) is 28.8 Å². The molecule has 0 aliphatic carbocycles. The SMILES string of the molecule is CC(C)Oc1cccc(N(CC(=O)Nc2cc(Cl)ccc2Cl)S(C)(=O)=O)c1. The van der Waals surface area contributed by atoms with Gasteiger partial charge in [0.2, 0.25) is 15.9 Å². The van der Waals surface area contributed by atoms with Gasteiger partial charge in [-0.3, -0.25) is 9.10 Å². The Morgan fingerprint density at radius 2 is 1.89 bits per heavy atom. The molecule has 0 bridgehead atoms. The van der Waals surface area contributed by atoms with Crippen LogP contribution in [0.2, 0.25) is 10.0 Å². The quantitative estimate of drug-likeness (QED) is 0.714. The molecule has 2 aromatic carbocycles. The Kier molecular flexibility index (Phi) is 6.97. The van der Waals surface area contributed by atoms with Crippen molar-refractivity contribution >= 4 is 50.5 Å². The standard InChI is InChI=1S/C18H20Cl2N2O4S/c1-12(2)26-15-6-4-5-14(10-15)22(27(3,24)25)11-18(23)21-17-9-13(19)7-8-16(17)20/h4-10,12H,11H2,1-3H3,(H,21,23). The van der Waals surface area contributed by atoms with Crippen molar-refractivity contribution in [3.8, 4) is 5.75 Å². The Balaban J connectivity index is 2.25. The molecule has 0 heterocycles. The fourth-order valence-electron chi connectivity index (χ4n) is 2.30. The second kappa shape index (κ2) is 8.82. The van der Waals surface area contributed by atoms with Crippen molar-refractivity contribution in [1.82, 2.24) is 0 Å². The smallest absolute Gasteiger partial charge is 0.245 e. The number of halogens is 2. The molecule has 0 fully saturated rings. The van der Waals surface area contributed by atoms with E-state index in [1.165, 1.54) is 6.07 Å². The first-order valence-corrected chi connectivity index (χ1v) is 10.7. The number of benzene rings is 2. The van der Waals surface area contributed by atoms with Gasteiger partial charge in [0.15, 0.2) is 0 Å². The first-order chi connectivity index (χ1) is 12.6. The number of sulfonamides is 1. The average Bonchev–Trinajstić information content (AvgIpc) is 2.54. The molecule has 0 saturated carbocycles. The second-order valence-electron chi connectivity index (χ2n) is 6.11. The van der Waals surface area contributed by atoms with Gasteiger partial charge >= 0.3 is 0 Å². The Morgan fingerprint density at radius 3 is 2.52 bits per heavy atom. The molecule has 0 aliphatic heterocycles. The molecule has 9 heteroatoms. The van der Waals surface area contributed by atoms with Gasteiger partial charge in [-0.1, -0.05) is 29.3 Å². The maximum atomic E-state index is 12.4. The first kappa shape index (κ1) is 21.3. The van der Waals surface area contributed by atoms with Crippen LogP contribution in [0.15, 0.2) is 42.5 Å². The molecule has 0 radical (unpaired) electrons. The summed E-state index contributed by atoms with van der Waals surface area (Å²) in [6.07, 6.45) is 0.961. The molecule has 0 aromatic heterocycles. The molecule has 6 nitrogen and oxygen atoms in total. The number of amides is 1. The normalized spacial score (nSPS) is 11.3. The van der Waals surface area contributed by atoms with Crippen LogP contribution in [0.5, 0.6) is 5.75 Å². The number of hydrogen-bond acceptors (Lipinski definition) is 4. The lowest BCUT2D eigenvalue weighted by Gasteiger charge is -2.23. The van der Waals surface area contributed by atoms with Gasteiger partial charge in [-0.25, -0.2) is 8.42 Å². The van der Waals surface area contributed by atoms with Gasteiger partial charge in [0.1, 0.15) is 12.3 Å². The number of carbonyl (C=O) groups excluding carboxylic acids is 1. The van der Waals surface area contributed by atoms with Crippen molar-refractivity contribution in [2.24, 2.45) is 0 Å². The Morgan fingerprint density at radius 1 is 1.19 bits per heavy atom. The minimum absolute atomic E-state index is 0.0693. The number of carbonyl (C=O) groups is 1. The van der Waals surface area contributed by atoms with Crippen molar-refractivity contribution in [3.63, 3.8) is 0 Å². The van der Waals surface area contributed by atoms with Gasteiger partial charge in [-0.15, -0.1) is 0 Å². The van der Waals surface area contributed by atoms with Crippen molar-refractivity contribution in [2.45, 2.75) is 20.0 Å². The summed E-state index contributed by atoms with van der Waals surface area (Å²) in [4.78, 5) is 12.4. The van der Waals surface area contributed by atoms with Gasteiger partial charge in [0.25, 0.3) is 0 Å². The van der Waals surface area contributed by atoms with E-state index in [1.807, 2.05) is 13.8 Å². The highest BCUT2D eigenvalue weighted by atomic mass is 35.5. The predicted molar refractivity (Wildman–Crippen MR) is 109 cm³/mol. The predicted octanol–water partition coefficient (Wildman–Crippen LogP) is 4.19. The van der Waals surface area contributed by atoms with E-state index in [0.717, 1.165) is 10.6 Å². The highest BCUT2D eigenvalue weighted by Gasteiger charge is 2.22. The largest absolute Gasteiger partial charge is 0.491 e. The van der Waals surface area contributed by atoms with Gasteiger partial charge in [-0.05, 0) is 44.2 Å². The molecular weight excluding hydrogens is 411 g/mol. The van der Waals surface area contributed by atoms with Crippen molar-refractivity contribution < 1.29 is 17.9 Å². The van der Waals surface area contributed by atoms with Gasteiger partial charge in [0, 0.05) is 11.1 Å². The molecule has 0 atom stereocenters. The number of ether oxygens (including phenoxy) is 1. The number of hydrogen-bond donors (Lipinski definition) is 1. The third kappa shape index (κ3) is 6.30. The summed E-state index contributed by atoms with van der Waals surface area (Å²) in [5.74, 6) is -0.0470. The van der Waals surface area contributed by atoms with E-state index in [4.69, 9.17) is 27.9 Å². The molecule has 1 amide bonds. The highest BCUT2D eigenvalue weighted by molar-refractivity contribution is 7.92. The Labute approximate surface area is 169 Å². The first-order valence-electron chi connectivity index (χ1n) is 8.05. The van der Waals surface area contributed by atoms with E-state index in [-0.39, 0.29) is 6.10 Å². The third-order valence-electron chi connectivity index (χ3n) is 3.37. The number of nitrogens with one attached hydrogen (secondary N) is 1. The molecule has 1 N–H and O–H groups in total. The summed E-state index contributed by atoms with van der Waals surface area (Å²) >= 11 is 11.9. The van der Waals surface area contributed by atoms with E-state index >= 15 is 0 Å². The van der Waals surface area contributed by atoms with Crippen LogP contribution >= 0.6 is 23.2 Å². The minimum Gasteiger partial charge on any atom is -0.491 e. The Bertz CT molecular complexity index is 933. The lowest BCUT2D eigenvalue weighted by molar-refractivity contribution is -0.114. The van der Waals surface area contributed by atoms with Crippen molar-refractivity contribution in [2.75, 3.05) is 22.4 Å². The molecule has 27 heavy (non-hydrogen) atoms. The minimum atomic E-state index is -3.71. The van der Waals surface area contributed by atoms with E-state index in [1.54, 1.807) is 36.4 Å². The van der Waals surface area contributed by atoms with Crippen LogP contribution in [0, 0.1) is 0 Å². The van der Waals surface area contributed by atoms with E-state index in [2.05, 4.69) is 5.32 Å². The maximum absolute atomic E-state index is 12.4. The van der Waals surface area contributed by atoms with Crippen molar-refractivity contribution in [1.29, 1.82) is 0 Å². The average molecular weight is 431 g/mol. The molecule has 0 aliphatic rings. The zero-order valence-corrected chi connectivity index (χ0v) is 17.4. The van der Waals surface area contributed by atoms with Crippen LogP contribution in [0.1, 0.15) is 13.8 Å². The molecular formula is C18H20Cl2N2O4S. The van der Waals surface area contributed by atoms with Crippen LogP contribution in [0.3, 0.4) is 0 Å². The van der Waals surface area contributed by atoms with E-state index < -0.39 is 22.5 Å². The summed E-state index contributed by atoms with van der Waals surface area (Å²) in [6.45, 7) is 3.30. The number of anilines is 2. The zero-order chi connectivity index (χ0) is 20.2. The summed E-state index contributed by atoms with van der Waals surface area (Å²) < 4.78 is 31.1. The molecule has 2 aromatic rings. The molecule has 146 valence electrons. The Hall–Kier alpha value is -1.96.